The minimum Gasteiger partial charge on any atom is -0.345 e. The van der Waals surface area contributed by atoms with Crippen molar-refractivity contribution in [2.24, 2.45) is 7.05 Å². The third-order valence-corrected chi connectivity index (χ3v) is 4.56. The predicted molar refractivity (Wildman–Crippen MR) is 90.9 cm³/mol. The maximum atomic E-state index is 12.5. The Bertz CT molecular complexity index is 956. The zero-order valence-electron chi connectivity index (χ0n) is 14.4. The van der Waals surface area contributed by atoms with Crippen LogP contribution in [0.3, 0.4) is 0 Å². The average molecular weight is 337 g/mol. The van der Waals surface area contributed by atoms with Gasteiger partial charge in [0.25, 0.3) is 11.8 Å². The van der Waals surface area contributed by atoms with Gasteiger partial charge in [-0.25, -0.2) is 0 Å². The van der Waals surface area contributed by atoms with E-state index < -0.39 is 0 Å². The Balaban J connectivity index is 1.56. The van der Waals surface area contributed by atoms with E-state index >= 15 is 0 Å². The molecule has 25 heavy (non-hydrogen) atoms. The van der Waals surface area contributed by atoms with E-state index in [0.29, 0.717) is 17.3 Å². The van der Waals surface area contributed by atoms with E-state index in [9.17, 15) is 4.79 Å². The van der Waals surface area contributed by atoms with Crippen LogP contribution in [0.15, 0.2) is 28.9 Å². The van der Waals surface area contributed by atoms with Crippen molar-refractivity contribution in [1.29, 1.82) is 0 Å². The van der Waals surface area contributed by atoms with Gasteiger partial charge >= 0.3 is 0 Å². The van der Waals surface area contributed by atoms with Gasteiger partial charge in [0.15, 0.2) is 5.82 Å². The second-order valence-corrected chi connectivity index (χ2v) is 6.43. The summed E-state index contributed by atoms with van der Waals surface area (Å²) in [7, 11) is 1.81. The molecular weight excluding hydrogens is 318 g/mol. The molecule has 2 aromatic heterocycles. The number of hydrogen-bond donors (Lipinski definition) is 1. The fourth-order valence-electron chi connectivity index (χ4n) is 3.37. The average Bonchev–Trinajstić information content (AvgIpc) is 3.26. The molecule has 1 atom stereocenters. The number of nitrogens with zero attached hydrogens (tertiary/aromatic N) is 4. The molecule has 0 saturated carbocycles. The molecule has 1 N–H and O–H groups in total. The number of aryl methyl sites for hydroxylation is 4. The molecule has 3 aromatic rings. The van der Waals surface area contributed by atoms with Gasteiger partial charge in [-0.15, -0.1) is 0 Å². The summed E-state index contributed by atoms with van der Waals surface area (Å²) < 4.78 is 6.89. The lowest BCUT2D eigenvalue weighted by molar-refractivity contribution is 0.0936. The number of hydrogen-bond acceptors (Lipinski definition) is 5. The first-order chi connectivity index (χ1) is 12.0. The molecule has 0 bridgehead atoms. The van der Waals surface area contributed by atoms with Crippen LogP contribution in [0.1, 0.15) is 45.5 Å². The van der Waals surface area contributed by atoms with Gasteiger partial charge in [-0.2, -0.15) is 10.1 Å². The quantitative estimate of drug-likeness (QED) is 0.793. The number of rotatable bonds is 3. The first kappa shape index (κ1) is 15.6. The Morgan fingerprint density at radius 1 is 1.36 bits per heavy atom. The second-order valence-electron chi connectivity index (χ2n) is 6.43. The van der Waals surface area contributed by atoms with Crippen LogP contribution in [0.5, 0.6) is 0 Å². The molecule has 128 valence electrons. The van der Waals surface area contributed by atoms with Crippen LogP contribution in [0.25, 0.3) is 11.5 Å². The van der Waals surface area contributed by atoms with E-state index in [0.717, 1.165) is 29.7 Å². The van der Waals surface area contributed by atoms with Crippen molar-refractivity contribution in [3.05, 3.63) is 52.6 Å². The van der Waals surface area contributed by atoms with Crippen molar-refractivity contribution in [2.75, 3.05) is 0 Å². The van der Waals surface area contributed by atoms with Gasteiger partial charge in [0.2, 0.25) is 0 Å². The molecule has 0 unspecified atom stereocenters. The van der Waals surface area contributed by atoms with Gasteiger partial charge in [0.05, 0.1) is 17.3 Å². The molecule has 0 fully saturated rings. The molecule has 4 rings (SSSR count). The number of nitrogens with one attached hydrogen (secondary N) is 1. The molecule has 2 heterocycles. The number of benzene rings is 1. The summed E-state index contributed by atoms with van der Waals surface area (Å²) in [6.07, 6.45) is 3.54. The van der Waals surface area contributed by atoms with Crippen molar-refractivity contribution < 1.29 is 9.32 Å². The minimum atomic E-state index is -0.0833. The Morgan fingerprint density at radius 2 is 2.20 bits per heavy atom. The van der Waals surface area contributed by atoms with Gasteiger partial charge in [-0.1, -0.05) is 11.2 Å². The molecular formula is C18H19N5O2. The van der Waals surface area contributed by atoms with Gasteiger partial charge in [-0.05, 0) is 49.9 Å². The highest BCUT2D eigenvalue weighted by Gasteiger charge is 2.26. The Hall–Kier alpha value is -2.96. The summed E-state index contributed by atoms with van der Waals surface area (Å²) in [4.78, 5) is 16.8. The highest BCUT2D eigenvalue weighted by Crippen LogP contribution is 2.34. The maximum absolute atomic E-state index is 12.5. The van der Waals surface area contributed by atoms with Crippen LogP contribution in [0, 0.1) is 13.8 Å². The lowest BCUT2D eigenvalue weighted by atomic mass is 10.0. The van der Waals surface area contributed by atoms with Crippen LogP contribution in [0.4, 0.5) is 0 Å². The van der Waals surface area contributed by atoms with Crippen LogP contribution in [-0.2, 0) is 13.5 Å². The Morgan fingerprint density at radius 3 is 2.88 bits per heavy atom. The van der Waals surface area contributed by atoms with Gasteiger partial charge < -0.3 is 9.84 Å². The molecule has 7 nitrogen and oxygen atoms in total. The zero-order chi connectivity index (χ0) is 17.6. The van der Waals surface area contributed by atoms with Gasteiger partial charge in [0.1, 0.15) is 0 Å². The first-order valence-electron chi connectivity index (χ1n) is 8.26. The SMILES string of the molecule is Cc1noc(-c2ccc3c(c2)CC[C@H]3NC(=O)c2cn(C)nc2C)n1. The van der Waals surface area contributed by atoms with Crippen molar-refractivity contribution in [3.63, 3.8) is 0 Å². The number of carbonyl (C=O) groups is 1. The van der Waals surface area contributed by atoms with Gasteiger partial charge in [0, 0.05) is 18.8 Å². The standard InChI is InChI=1S/C18H19N5O2/c1-10-15(9-23(3)21-10)17(24)20-16-7-5-12-8-13(4-6-14(12)16)18-19-11(2)22-25-18/h4,6,8-9,16H,5,7H2,1-3H3,(H,20,24)/t16-/m1/s1. The maximum Gasteiger partial charge on any atom is 0.257 e. The summed E-state index contributed by atoms with van der Waals surface area (Å²) in [6, 6.07) is 6.09. The predicted octanol–water partition coefficient (Wildman–Crippen LogP) is 2.50. The molecule has 7 heteroatoms. The van der Waals surface area contributed by atoms with E-state index in [1.54, 1.807) is 17.8 Å². The summed E-state index contributed by atoms with van der Waals surface area (Å²) >= 11 is 0. The monoisotopic (exact) mass is 337 g/mol. The number of aromatic nitrogens is 4. The van der Waals surface area contributed by atoms with Gasteiger partial charge in [-0.3, -0.25) is 9.48 Å². The molecule has 0 radical (unpaired) electrons. The molecule has 1 aromatic carbocycles. The Kier molecular flexibility index (Phi) is 3.63. The van der Waals surface area contributed by atoms with Crippen molar-refractivity contribution in [1.82, 2.24) is 25.2 Å². The van der Waals surface area contributed by atoms with E-state index in [1.807, 2.05) is 26.1 Å². The van der Waals surface area contributed by atoms with E-state index in [2.05, 4.69) is 26.6 Å². The van der Waals surface area contributed by atoms with E-state index in [-0.39, 0.29) is 11.9 Å². The summed E-state index contributed by atoms with van der Waals surface area (Å²) in [6.45, 7) is 3.64. The molecule has 0 aliphatic heterocycles. The largest absolute Gasteiger partial charge is 0.345 e. The molecule has 1 aliphatic carbocycles. The summed E-state index contributed by atoms with van der Waals surface area (Å²) in [5.74, 6) is 1.06. The number of carbonyl (C=O) groups excluding carboxylic acids is 1. The molecule has 0 saturated heterocycles. The third kappa shape index (κ3) is 2.82. The lowest BCUT2D eigenvalue weighted by Crippen LogP contribution is -2.27. The smallest absolute Gasteiger partial charge is 0.257 e. The van der Waals surface area contributed by atoms with Crippen LogP contribution in [-0.4, -0.2) is 25.8 Å². The number of fused-ring (bicyclic) bond motifs is 1. The summed E-state index contributed by atoms with van der Waals surface area (Å²) in [5, 5.41) is 11.2. The fraction of sp³-hybridized carbons (Fsp3) is 0.333. The minimum absolute atomic E-state index is 0.0144. The normalized spacial score (nSPS) is 16.0. The van der Waals surface area contributed by atoms with E-state index in [1.165, 1.54) is 5.56 Å². The zero-order valence-corrected chi connectivity index (χ0v) is 14.4. The first-order valence-corrected chi connectivity index (χ1v) is 8.26. The molecule has 0 spiro atoms. The van der Waals surface area contributed by atoms with Crippen molar-refractivity contribution in [2.45, 2.75) is 32.7 Å². The molecule has 1 amide bonds. The van der Waals surface area contributed by atoms with Crippen molar-refractivity contribution in [3.8, 4) is 11.5 Å². The molecule has 1 aliphatic rings. The van der Waals surface area contributed by atoms with Crippen LogP contribution < -0.4 is 5.32 Å². The Labute approximate surface area is 145 Å². The van der Waals surface area contributed by atoms with Crippen LogP contribution >= 0.6 is 0 Å². The topological polar surface area (TPSA) is 85.8 Å². The summed E-state index contributed by atoms with van der Waals surface area (Å²) in [5.41, 5.74) is 4.63. The lowest BCUT2D eigenvalue weighted by Gasteiger charge is -2.14. The number of amides is 1. The fourth-order valence-corrected chi connectivity index (χ4v) is 3.37. The van der Waals surface area contributed by atoms with Crippen molar-refractivity contribution >= 4 is 5.91 Å². The second kappa shape index (κ2) is 5.84. The highest BCUT2D eigenvalue weighted by molar-refractivity contribution is 5.95. The third-order valence-electron chi connectivity index (χ3n) is 4.56. The van der Waals surface area contributed by atoms with Crippen LogP contribution in [0.2, 0.25) is 0 Å². The highest BCUT2D eigenvalue weighted by atomic mass is 16.5. The van der Waals surface area contributed by atoms with E-state index in [4.69, 9.17) is 4.52 Å².